The van der Waals surface area contributed by atoms with Crippen molar-refractivity contribution >= 4 is 5.91 Å². The van der Waals surface area contributed by atoms with Crippen molar-refractivity contribution < 1.29 is 4.79 Å². The topological polar surface area (TPSA) is 51.0 Å². The quantitative estimate of drug-likeness (QED) is 0.588. The predicted molar refractivity (Wildman–Crippen MR) is 118 cm³/mol. The maximum absolute atomic E-state index is 13.6. The Morgan fingerprint density at radius 3 is 2.50 bits per heavy atom. The molecule has 2 heterocycles. The van der Waals surface area contributed by atoms with Crippen LogP contribution in [0.1, 0.15) is 65.0 Å². The van der Waals surface area contributed by atoms with Crippen molar-refractivity contribution in [1.82, 2.24) is 19.7 Å². The molecule has 1 amide bonds. The van der Waals surface area contributed by atoms with Crippen LogP contribution in [0.2, 0.25) is 0 Å². The van der Waals surface area contributed by atoms with Crippen LogP contribution in [-0.4, -0.2) is 31.6 Å². The predicted octanol–water partition coefficient (Wildman–Crippen LogP) is 4.92. The van der Waals surface area contributed by atoms with Gasteiger partial charge in [0.15, 0.2) is 0 Å². The van der Waals surface area contributed by atoms with Crippen molar-refractivity contribution in [2.75, 3.05) is 0 Å². The minimum atomic E-state index is 0.119. The molecule has 0 atom stereocenters. The number of rotatable bonds is 6. The molecule has 1 fully saturated rings. The average molecular weight is 403 g/mol. The summed E-state index contributed by atoms with van der Waals surface area (Å²) in [4.78, 5) is 19.8. The van der Waals surface area contributed by atoms with Gasteiger partial charge < -0.3 is 4.90 Å². The van der Waals surface area contributed by atoms with Gasteiger partial charge in [0.05, 0.1) is 12.2 Å². The van der Waals surface area contributed by atoms with Crippen LogP contribution in [0.15, 0.2) is 54.9 Å². The number of amides is 1. The lowest BCUT2D eigenvalue weighted by molar-refractivity contribution is 0.0614. The molecule has 30 heavy (non-hydrogen) atoms. The Balaban J connectivity index is 1.58. The maximum atomic E-state index is 13.6. The molecule has 0 spiro atoms. The van der Waals surface area contributed by atoms with E-state index in [0.29, 0.717) is 19.1 Å². The summed E-state index contributed by atoms with van der Waals surface area (Å²) >= 11 is 0. The van der Waals surface area contributed by atoms with Gasteiger partial charge in [-0.25, -0.2) is 0 Å². The van der Waals surface area contributed by atoms with Gasteiger partial charge in [-0.2, -0.15) is 5.10 Å². The summed E-state index contributed by atoms with van der Waals surface area (Å²) in [6.45, 7) is 5.38. The second kappa shape index (κ2) is 9.24. The van der Waals surface area contributed by atoms with Crippen LogP contribution in [0, 0.1) is 13.8 Å². The number of aryl methyl sites for hydroxylation is 2. The number of hydrogen-bond acceptors (Lipinski definition) is 3. The smallest absolute Gasteiger partial charge is 0.254 e. The molecule has 1 aliphatic carbocycles. The molecule has 0 aliphatic heterocycles. The monoisotopic (exact) mass is 402 g/mol. The lowest BCUT2D eigenvalue weighted by Gasteiger charge is -2.34. The Morgan fingerprint density at radius 1 is 1.03 bits per heavy atom. The Labute approximate surface area is 178 Å². The molecule has 4 rings (SSSR count). The highest BCUT2D eigenvalue weighted by molar-refractivity contribution is 5.94. The zero-order chi connectivity index (χ0) is 20.9. The molecular formula is C25H30N4O. The van der Waals surface area contributed by atoms with Crippen LogP contribution < -0.4 is 0 Å². The van der Waals surface area contributed by atoms with Gasteiger partial charge in [0.2, 0.25) is 0 Å². The van der Waals surface area contributed by atoms with Crippen molar-refractivity contribution in [2.24, 2.45) is 0 Å². The van der Waals surface area contributed by atoms with Crippen molar-refractivity contribution in [3.05, 3.63) is 82.9 Å². The van der Waals surface area contributed by atoms with Crippen LogP contribution >= 0.6 is 0 Å². The van der Waals surface area contributed by atoms with Gasteiger partial charge in [-0.05, 0) is 68.1 Å². The summed E-state index contributed by atoms with van der Waals surface area (Å²) in [5.41, 5.74) is 5.13. The third-order valence-corrected chi connectivity index (χ3v) is 5.99. The summed E-state index contributed by atoms with van der Waals surface area (Å²) in [6, 6.07) is 14.4. The standard InChI is InChI=1S/C25H30N4O/c1-19-15-20(2)29(27-19)18-22-7-6-8-23(16-22)25(30)28(24-9-4-3-5-10-24)17-21-11-13-26-14-12-21/h6-8,11-16,24H,3-5,9-10,17-18H2,1-2H3. The van der Waals surface area contributed by atoms with E-state index in [1.54, 1.807) is 12.4 Å². The summed E-state index contributed by atoms with van der Waals surface area (Å²) in [5, 5.41) is 4.56. The lowest BCUT2D eigenvalue weighted by atomic mass is 9.93. The molecule has 1 saturated carbocycles. The van der Waals surface area contributed by atoms with E-state index in [1.807, 2.05) is 41.9 Å². The summed E-state index contributed by atoms with van der Waals surface area (Å²) in [6.07, 6.45) is 9.43. The normalized spacial score (nSPS) is 14.6. The summed E-state index contributed by atoms with van der Waals surface area (Å²) < 4.78 is 1.99. The molecule has 0 saturated heterocycles. The first-order valence-corrected chi connectivity index (χ1v) is 10.9. The highest BCUT2D eigenvalue weighted by atomic mass is 16.2. The van der Waals surface area contributed by atoms with Crippen molar-refractivity contribution in [2.45, 2.75) is 65.1 Å². The fraction of sp³-hybridized carbons (Fsp3) is 0.400. The molecule has 0 unspecified atom stereocenters. The molecule has 3 aromatic rings. The van der Waals surface area contributed by atoms with Crippen LogP contribution in [-0.2, 0) is 13.1 Å². The second-order valence-corrected chi connectivity index (χ2v) is 8.37. The van der Waals surface area contributed by atoms with Gasteiger partial charge in [-0.15, -0.1) is 0 Å². The van der Waals surface area contributed by atoms with Gasteiger partial charge in [-0.3, -0.25) is 14.5 Å². The van der Waals surface area contributed by atoms with Crippen molar-refractivity contribution in [3.63, 3.8) is 0 Å². The molecule has 156 valence electrons. The third kappa shape index (κ3) is 4.78. The van der Waals surface area contributed by atoms with Crippen molar-refractivity contribution in [3.8, 4) is 0 Å². The Kier molecular flexibility index (Phi) is 6.26. The van der Waals surface area contributed by atoms with Gasteiger partial charge in [0.25, 0.3) is 5.91 Å². The lowest BCUT2D eigenvalue weighted by Crippen LogP contribution is -2.41. The minimum Gasteiger partial charge on any atom is -0.331 e. The van der Waals surface area contributed by atoms with E-state index in [-0.39, 0.29) is 5.91 Å². The summed E-state index contributed by atoms with van der Waals surface area (Å²) in [7, 11) is 0. The van der Waals surface area contributed by atoms with E-state index in [4.69, 9.17) is 0 Å². The van der Waals surface area contributed by atoms with Gasteiger partial charge in [0.1, 0.15) is 0 Å². The molecule has 2 aromatic heterocycles. The molecule has 5 nitrogen and oxygen atoms in total. The molecule has 0 N–H and O–H groups in total. The molecule has 5 heteroatoms. The number of carbonyl (C=O) groups excluding carboxylic acids is 1. The fourth-order valence-electron chi connectivity index (χ4n) is 4.42. The highest BCUT2D eigenvalue weighted by Gasteiger charge is 2.26. The van der Waals surface area contributed by atoms with Crippen LogP contribution in [0.5, 0.6) is 0 Å². The first-order valence-electron chi connectivity index (χ1n) is 10.9. The van der Waals surface area contributed by atoms with Crippen molar-refractivity contribution in [1.29, 1.82) is 0 Å². The van der Waals surface area contributed by atoms with Crippen LogP contribution in [0.3, 0.4) is 0 Å². The van der Waals surface area contributed by atoms with Gasteiger partial charge in [-0.1, -0.05) is 31.4 Å². The fourth-order valence-corrected chi connectivity index (χ4v) is 4.42. The number of hydrogen-bond donors (Lipinski definition) is 0. The van der Waals surface area contributed by atoms with E-state index in [0.717, 1.165) is 40.9 Å². The van der Waals surface area contributed by atoms with Crippen LogP contribution in [0.4, 0.5) is 0 Å². The van der Waals surface area contributed by atoms with Crippen LogP contribution in [0.25, 0.3) is 0 Å². The summed E-state index contributed by atoms with van der Waals surface area (Å²) in [5.74, 6) is 0.119. The van der Waals surface area contributed by atoms with E-state index in [2.05, 4.69) is 34.0 Å². The van der Waals surface area contributed by atoms with E-state index >= 15 is 0 Å². The maximum Gasteiger partial charge on any atom is 0.254 e. The molecule has 0 radical (unpaired) electrons. The third-order valence-electron chi connectivity index (χ3n) is 5.99. The first kappa shape index (κ1) is 20.3. The molecular weight excluding hydrogens is 372 g/mol. The number of carbonyl (C=O) groups is 1. The Morgan fingerprint density at radius 2 is 1.80 bits per heavy atom. The molecule has 1 aromatic carbocycles. The molecule has 0 bridgehead atoms. The highest BCUT2D eigenvalue weighted by Crippen LogP contribution is 2.26. The van der Waals surface area contributed by atoms with E-state index in [1.165, 1.54) is 19.3 Å². The number of aromatic nitrogens is 3. The van der Waals surface area contributed by atoms with E-state index in [9.17, 15) is 4.79 Å². The minimum absolute atomic E-state index is 0.119. The molecule has 1 aliphatic rings. The van der Waals surface area contributed by atoms with E-state index < -0.39 is 0 Å². The Bertz CT molecular complexity index is 989. The van der Waals surface area contributed by atoms with Gasteiger partial charge in [0, 0.05) is 36.2 Å². The average Bonchev–Trinajstić information content (AvgIpc) is 3.09. The number of nitrogens with zero attached hydrogens (tertiary/aromatic N) is 4. The van der Waals surface area contributed by atoms with Gasteiger partial charge >= 0.3 is 0 Å². The Hall–Kier alpha value is -2.95. The zero-order valence-corrected chi connectivity index (χ0v) is 17.9. The largest absolute Gasteiger partial charge is 0.331 e. The first-order chi connectivity index (χ1) is 14.6. The second-order valence-electron chi connectivity index (χ2n) is 8.37. The number of pyridine rings is 1. The zero-order valence-electron chi connectivity index (χ0n) is 17.9. The SMILES string of the molecule is Cc1cc(C)n(Cc2cccc(C(=O)N(Cc3ccncc3)C3CCCCC3)c2)n1. The number of benzene rings is 1.